The van der Waals surface area contributed by atoms with Crippen molar-refractivity contribution in [1.82, 2.24) is 5.32 Å². The Balaban J connectivity index is 2.33. The van der Waals surface area contributed by atoms with Crippen molar-refractivity contribution in [1.29, 1.82) is 0 Å². The van der Waals surface area contributed by atoms with Gasteiger partial charge in [-0.3, -0.25) is 9.59 Å². The summed E-state index contributed by atoms with van der Waals surface area (Å²) >= 11 is 5.67. The molecule has 0 aromatic rings. The van der Waals surface area contributed by atoms with Gasteiger partial charge in [-0.2, -0.15) is 0 Å². The molecule has 2 unspecified atom stereocenters. The van der Waals surface area contributed by atoms with Crippen LogP contribution in [0.3, 0.4) is 0 Å². The van der Waals surface area contributed by atoms with E-state index in [1.807, 2.05) is 13.0 Å². The minimum atomic E-state index is -0.651. The van der Waals surface area contributed by atoms with E-state index in [0.29, 0.717) is 5.71 Å². The molecular formula is C14H15ClN2O2. The van der Waals surface area contributed by atoms with Gasteiger partial charge in [0.2, 0.25) is 0 Å². The number of nitrogens with one attached hydrogen (secondary N) is 1. The fourth-order valence-corrected chi connectivity index (χ4v) is 2.06. The fraction of sp³-hybridized carbons (Fsp3) is 0.357. The second kappa shape index (κ2) is 5.13. The van der Waals surface area contributed by atoms with Gasteiger partial charge in [0.15, 0.2) is 0 Å². The van der Waals surface area contributed by atoms with Crippen LogP contribution in [-0.2, 0) is 9.59 Å². The molecular weight excluding hydrogens is 264 g/mol. The number of aliphatic imine (C=N–C) groups is 1. The van der Waals surface area contributed by atoms with Crippen molar-refractivity contribution in [2.75, 3.05) is 0 Å². The molecule has 2 aliphatic rings. The molecule has 0 saturated carbocycles. The van der Waals surface area contributed by atoms with Gasteiger partial charge in [-0.25, -0.2) is 4.99 Å². The van der Waals surface area contributed by atoms with Gasteiger partial charge in [0, 0.05) is 17.2 Å². The number of hydrogen-bond donors (Lipinski definition) is 1. The first-order chi connectivity index (χ1) is 8.90. The maximum Gasteiger partial charge on any atom is 0.263 e. The molecule has 1 aliphatic heterocycles. The van der Waals surface area contributed by atoms with Crippen molar-refractivity contribution in [3.63, 3.8) is 0 Å². The summed E-state index contributed by atoms with van der Waals surface area (Å²) in [4.78, 5) is 27.1. The minimum absolute atomic E-state index is 0.0557. The van der Waals surface area contributed by atoms with Crippen molar-refractivity contribution in [2.45, 2.75) is 26.1 Å². The Bertz CT molecular complexity index is 568. The van der Waals surface area contributed by atoms with Gasteiger partial charge < -0.3 is 5.32 Å². The molecule has 1 N–H and O–H groups in total. The summed E-state index contributed by atoms with van der Waals surface area (Å²) in [5, 5.41) is 2.17. The minimum Gasteiger partial charge on any atom is -0.325 e. The Labute approximate surface area is 116 Å². The van der Waals surface area contributed by atoms with Crippen molar-refractivity contribution >= 4 is 29.1 Å². The van der Waals surface area contributed by atoms with Gasteiger partial charge in [-0.15, -0.1) is 11.6 Å². The second-order valence-corrected chi connectivity index (χ2v) is 5.34. The molecule has 19 heavy (non-hydrogen) atoms. The van der Waals surface area contributed by atoms with Crippen LogP contribution in [0.25, 0.3) is 0 Å². The van der Waals surface area contributed by atoms with E-state index in [-0.39, 0.29) is 17.7 Å². The Hall–Kier alpha value is -1.68. The van der Waals surface area contributed by atoms with Crippen molar-refractivity contribution < 1.29 is 9.59 Å². The maximum atomic E-state index is 11.7. The Morgan fingerprint density at radius 2 is 2.16 bits per heavy atom. The molecule has 0 saturated heterocycles. The number of carbonyl (C=O) groups excluding carboxylic acids is 2. The van der Waals surface area contributed by atoms with Crippen molar-refractivity contribution in [2.24, 2.45) is 10.9 Å². The monoisotopic (exact) mass is 278 g/mol. The van der Waals surface area contributed by atoms with E-state index in [1.54, 1.807) is 26.0 Å². The molecule has 0 aromatic carbocycles. The summed E-state index contributed by atoms with van der Waals surface area (Å²) in [6.45, 7) is 5.32. The third-order valence-corrected chi connectivity index (χ3v) is 3.52. The number of halogens is 1. The van der Waals surface area contributed by atoms with E-state index in [0.717, 1.165) is 16.8 Å². The van der Waals surface area contributed by atoms with Crippen LogP contribution in [0.2, 0.25) is 0 Å². The van der Waals surface area contributed by atoms with Crippen LogP contribution >= 0.6 is 11.6 Å². The van der Waals surface area contributed by atoms with E-state index in [4.69, 9.17) is 11.6 Å². The van der Waals surface area contributed by atoms with Crippen molar-refractivity contribution in [3.8, 4) is 0 Å². The van der Waals surface area contributed by atoms with E-state index in [1.165, 1.54) is 0 Å². The summed E-state index contributed by atoms with van der Waals surface area (Å²) in [5.74, 6) is -0.436. The summed E-state index contributed by atoms with van der Waals surface area (Å²) in [7, 11) is 0. The van der Waals surface area contributed by atoms with Gasteiger partial charge in [-0.1, -0.05) is 11.6 Å². The molecule has 5 heteroatoms. The Kier molecular flexibility index (Phi) is 3.71. The third kappa shape index (κ3) is 2.68. The lowest BCUT2D eigenvalue weighted by molar-refractivity contribution is -0.117. The summed E-state index contributed by atoms with van der Waals surface area (Å²) < 4.78 is 0. The number of carbonyl (C=O) groups is 2. The third-order valence-electron chi connectivity index (χ3n) is 3.33. The number of fused-ring (bicyclic) bond motifs is 1. The normalized spacial score (nSPS) is 25.9. The highest BCUT2D eigenvalue weighted by molar-refractivity contribution is 6.31. The van der Waals surface area contributed by atoms with E-state index < -0.39 is 5.38 Å². The Morgan fingerprint density at radius 1 is 1.47 bits per heavy atom. The highest BCUT2D eigenvalue weighted by Gasteiger charge is 2.27. The van der Waals surface area contributed by atoms with Gasteiger partial charge in [0.1, 0.15) is 5.38 Å². The largest absolute Gasteiger partial charge is 0.325 e. The van der Waals surface area contributed by atoms with Crippen LogP contribution in [0.1, 0.15) is 20.8 Å². The second-order valence-electron chi connectivity index (χ2n) is 4.69. The van der Waals surface area contributed by atoms with Gasteiger partial charge in [0.25, 0.3) is 11.8 Å². The van der Waals surface area contributed by atoms with Gasteiger partial charge >= 0.3 is 0 Å². The highest BCUT2D eigenvalue weighted by Crippen LogP contribution is 2.29. The zero-order valence-electron chi connectivity index (χ0n) is 11.0. The quantitative estimate of drug-likeness (QED) is 0.747. The summed E-state index contributed by atoms with van der Waals surface area (Å²) in [6, 6.07) is 0. The number of rotatable bonds is 1. The SMILES string of the molecule is CC1=C(C)C2C=CC(=NC(=O)C(C)Cl)C=C2NC1=O. The lowest BCUT2D eigenvalue weighted by Gasteiger charge is -2.28. The predicted molar refractivity (Wildman–Crippen MR) is 75.0 cm³/mol. The molecule has 1 heterocycles. The zero-order valence-corrected chi connectivity index (χ0v) is 11.8. The summed E-state index contributed by atoms with van der Waals surface area (Å²) in [6.07, 6.45) is 5.42. The topological polar surface area (TPSA) is 58.5 Å². The molecule has 0 spiro atoms. The first-order valence-electron chi connectivity index (χ1n) is 6.05. The molecule has 0 radical (unpaired) electrons. The fourth-order valence-electron chi connectivity index (χ4n) is 2.01. The number of allylic oxidation sites excluding steroid dienone is 3. The van der Waals surface area contributed by atoms with Crippen LogP contribution in [0.15, 0.2) is 40.1 Å². The zero-order chi connectivity index (χ0) is 14.2. The number of nitrogens with zero attached hydrogens (tertiary/aromatic N) is 1. The lowest BCUT2D eigenvalue weighted by atomic mass is 9.85. The first-order valence-corrected chi connectivity index (χ1v) is 6.49. The number of alkyl halides is 1. The maximum absolute atomic E-state index is 11.7. The molecule has 2 atom stereocenters. The molecule has 100 valence electrons. The summed E-state index contributed by atoms with van der Waals surface area (Å²) in [5.41, 5.74) is 3.01. The van der Waals surface area contributed by atoms with Gasteiger partial charge in [-0.05, 0) is 32.9 Å². The molecule has 0 fully saturated rings. The number of hydrogen-bond acceptors (Lipinski definition) is 2. The first kappa shape index (κ1) is 13.7. The number of amides is 2. The predicted octanol–water partition coefficient (Wildman–Crippen LogP) is 2.12. The average molecular weight is 279 g/mol. The highest BCUT2D eigenvalue weighted by atomic mass is 35.5. The smallest absolute Gasteiger partial charge is 0.263 e. The molecule has 0 bridgehead atoms. The molecule has 2 rings (SSSR count). The van der Waals surface area contributed by atoms with E-state index in [9.17, 15) is 9.59 Å². The van der Waals surface area contributed by atoms with E-state index in [2.05, 4.69) is 10.3 Å². The Morgan fingerprint density at radius 3 is 2.79 bits per heavy atom. The molecule has 1 aliphatic carbocycles. The van der Waals surface area contributed by atoms with Crippen LogP contribution in [0, 0.1) is 5.92 Å². The molecule has 4 nitrogen and oxygen atoms in total. The van der Waals surface area contributed by atoms with E-state index >= 15 is 0 Å². The van der Waals surface area contributed by atoms with Crippen molar-refractivity contribution in [3.05, 3.63) is 35.1 Å². The van der Waals surface area contributed by atoms with Crippen LogP contribution in [0.5, 0.6) is 0 Å². The molecule has 0 aromatic heterocycles. The van der Waals surface area contributed by atoms with Crippen LogP contribution in [-0.4, -0.2) is 22.9 Å². The lowest BCUT2D eigenvalue weighted by Crippen LogP contribution is -2.35. The van der Waals surface area contributed by atoms with Crippen LogP contribution < -0.4 is 5.32 Å². The molecule has 2 amide bonds. The van der Waals surface area contributed by atoms with Crippen LogP contribution in [0.4, 0.5) is 0 Å². The standard InChI is InChI=1S/C14H15ClN2O2/c1-7-8(2)13(18)17-12-6-10(4-5-11(7)12)16-14(19)9(3)15/h4-6,9,11H,1-3H3,(H,17,18). The van der Waals surface area contributed by atoms with Gasteiger partial charge in [0.05, 0.1) is 5.71 Å². The average Bonchev–Trinajstić information content (AvgIpc) is 2.35.